The summed E-state index contributed by atoms with van der Waals surface area (Å²) >= 11 is 1.46. The van der Waals surface area contributed by atoms with Crippen molar-refractivity contribution < 1.29 is 4.79 Å². The molecule has 4 aromatic rings. The van der Waals surface area contributed by atoms with Crippen LogP contribution in [-0.4, -0.2) is 27.1 Å². The number of thioether (sulfide) groups is 1. The van der Waals surface area contributed by atoms with Crippen LogP contribution in [-0.2, 0) is 11.3 Å². The summed E-state index contributed by atoms with van der Waals surface area (Å²) in [4.78, 5) is 20.6. The summed E-state index contributed by atoms with van der Waals surface area (Å²) in [5, 5.41) is 1.89. The van der Waals surface area contributed by atoms with E-state index < -0.39 is 0 Å². The molecule has 0 saturated carbocycles. The lowest BCUT2D eigenvalue weighted by atomic mass is 10.1. The molecule has 1 fully saturated rings. The Labute approximate surface area is 198 Å². The van der Waals surface area contributed by atoms with Crippen LogP contribution in [0.15, 0.2) is 101 Å². The van der Waals surface area contributed by atoms with Crippen molar-refractivity contribution in [3.63, 3.8) is 0 Å². The molecule has 3 aromatic carbocycles. The highest BCUT2D eigenvalue weighted by Gasteiger charge is 2.33. The van der Waals surface area contributed by atoms with Gasteiger partial charge < -0.3 is 4.57 Å². The molecule has 164 valence electrons. The van der Waals surface area contributed by atoms with Gasteiger partial charge in [-0.2, -0.15) is 0 Å². The number of carbonyl (C=O) groups is 1. The van der Waals surface area contributed by atoms with Gasteiger partial charge in [-0.3, -0.25) is 9.69 Å². The third-order valence-corrected chi connectivity index (χ3v) is 6.62. The van der Waals surface area contributed by atoms with Gasteiger partial charge in [-0.15, -0.1) is 0 Å². The number of amides is 1. The standard InChI is InChI=1S/C28H25N3OS/c1-2-17-31-27(32)26(33-28(31)29-23-13-7-4-8-14-23)18-22-20-30(19-21-11-5-3-6-12-21)25-16-10-9-15-24(22)25/h3-16,18,20H,2,17,19H2,1H3/b26-18+,29-28?. The maximum absolute atomic E-state index is 13.3. The molecule has 0 aliphatic carbocycles. The smallest absolute Gasteiger partial charge is 0.266 e. The minimum atomic E-state index is 0.0245. The first-order chi connectivity index (χ1) is 16.2. The summed E-state index contributed by atoms with van der Waals surface area (Å²) in [6, 6.07) is 28.6. The Hall–Kier alpha value is -3.57. The highest BCUT2D eigenvalue weighted by molar-refractivity contribution is 8.18. The van der Waals surface area contributed by atoms with Crippen LogP contribution in [0.3, 0.4) is 0 Å². The van der Waals surface area contributed by atoms with E-state index in [9.17, 15) is 4.79 Å². The molecule has 1 aliphatic rings. The van der Waals surface area contributed by atoms with Crippen molar-refractivity contribution >= 4 is 45.5 Å². The van der Waals surface area contributed by atoms with Crippen molar-refractivity contribution in [3.8, 4) is 0 Å². The van der Waals surface area contributed by atoms with Crippen molar-refractivity contribution in [2.45, 2.75) is 19.9 Å². The van der Waals surface area contributed by atoms with E-state index >= 15 is 0 Å². The van der Waals surface area contributed by atoms with E-state index in [2.05, 4.69) is 60.2 Å². The first-order valence-corrected chi connectivity index (χ1v) is 12.0. The fourth-order valence-corrected chi connectivity index (χ4v) is 5.08. The molecule has 1 aliphatic heterocycles. The zero-order valence-corrected chi connectivity index (χ0v) is 19.3. The molecule has 0 atom stereocenters. The van der Waals surface area contributed by atoms with Gasteiger partial charge >= 0.3 is 0 Å². The number of rotatable bonds is 6. The molecule has 4 nitrogen and oxygen atoms in total. The number of nitrogens with zero attached hydrogens (tertiary/aromatic N) is 3. The van der Waals surface area contributed by atoms with E-state index in [-0.39, 0.29) is 5.91 Å². The molecule has 33 heavy (non-hydrogen) atoms. The fraction of sp³-hybridized carbons (Fsp3) is 0.143. The van der Waals surface area contributed by atoms with Crippen molar-refractivity contribution in [2.75, 3.05) is 6.54 Å². The number of aliphatic imine (C=N–C) groups is 1. The third kappa shape index (κ3) is 4.50. The molecule has 0 bridgehead atoms. The Morgan fingerprint density at radius 3 is 2.36 bits per heavy atom. The number of para-hydroxylation sites is 2. The van der Waals surface area contributed by atoms with Gasteiger partial charge in [0.15, 0.2) is 5.17 Å². The summed E-state index contributed by atoms with van der Waals surface area (Å²) in [6.45, 7) is 3.52. The second-order valence-corrected chi connectivity index (χ2v) is 9.02. The number of benzene rings is 3. The maximum Gasteiger partial charge on any atom is 0.266 e. The minimum absolute atomic E-state index is 0.0245. The Balaban J connectivity index is 1.52. The summed E-state index contributed by atoms with van der Waals surface area (Å²) < 4.78 is 2.25. The monoisotopic (exact) mass is 451 g/mol. The fourth-order valence-electron chi connectivity index (χ4n) is 4.07. The molecule has 5 heteroatoms. The van der Waals surface area contributed by atoms with Gasteiger partial charge in [0.05, 0.1) is 10.6 Å². The Kier molecular flexibility index (Phi) is 6.13. The highest BCUT2D eigenvalue weighted by atomic mass is 32.2. The number of aromatic nitrogens is 1. The van der Waals surface area contributed by atoms with E-state index in [0.717, 1.165) is 40.3 Å². The molecule has 2 heterocycles. The zero-order valence-electron chi connectivity index (χ0n) is 18.5. The number of amidine groups is 1. The second kappa shape index (κ2) is 9.51. The second-order valence-electron chi connectivity index (χ2n) is 8.01. The van der Waals surface area contributed by atoms with Gasteiger partial charge in [0.2, 0.25) is 0 Å². The van der Waals surface area contributed by atoms with E-state index in [1.165, 1.54) is 17.3 Å². The number of hydrogen-bond acceptors (Lipinski definition) is 3. The van der Waals surface area contributed by atoms with Crippen molar-refractivity contribution in [3.05, 3.63) is 107 Å². The van der Waals surface area contributed by atoms with Gasteiger partial charge in [0.1, 0.15) is 0 Å². The Morgan fingerprint density at radius 2 is 1.61 bits per heavy atom. The predicted octanol–water partition coefficient (Wildman–Crippen LogP) is 6.70. The minimum Gasteiger partial charge on any atom is -0.342 e. The Bertz CT molecular complexity index is 1340. The van der Waals surface area contributed by atoms with Crippen molar-refractivity contribution in [1.29, 1.82) is 0 Å². The van der Waals surface area contributed by atoms with Crippen LogP contribution in [0.2, 0.25) is 0 Å². The van der Waals surface area contributed by atoms with Crippen LogP contribution in [0.5, 0.6) is 0 Å². The summed E-state index contributed by atoms with van der Waals surface area (Å²) in [7, 11) is 0. The van der Waals surface area contributed by atoms with Gasteiger partial charge in [0.25, 0.3) is 5.91 Å². The van der Waals surface area contributed by atoms with Crippen LogP contribution >= 0.6 is 11.8 Å². The van der Waals surface area contributed by atoms with E-state index in [1.807, 2.05) is 48.5 Å². The largest absolute Gasteiger partial charge is 0.342 e. The Morgan fingerprint density at radius 1 is 0.909 bits per heavy atom. The molecule has 1 saturated heterocycles. The van der Waals surface area contributed by atoms with Gasteiger partial charge in [-0.25, -0.2) is 4.99 Å². The maximum atomic E-state index is 13.3. The number of hydrogen-bond donors (Lipinski definition) is 0. The number of fused-ring (bicyclic) bond motifs is 1. The topological polar surface area (TPSA) is 37.6 Å². The summed E-state index contributed by atoms with van der Waals surface area (Å²) in [5.74, 6) is 0.0245. The molecular formula is C28H25N3OS. The lowest BCUT2D eigenvalue weighted by Crippen LogP contribution is -2.29. The molecule has 1 amide bonds. The van der Waals surface area contributed by atoms with E-state index in [1.54, 1.807) is 4.90 Å². The molecule has 0 N–H and O–H groups in total. The van der Waals surface area contributed by atoms with Crippen molar-refractivity contribution in [1.82, 2.24) is 9.47 Å². The summed E-state index contributed by atoms with van der Waals surface area (Å²) in [6.07, 6.45) is 5.05. The van der Waals surface area contributed by atoms with Crippen LogP contribution in [0.1, 0.15) is 24.5 Å². The molecule has 0 spiro atoms. The van der Waals surface area contributed by atoms with Crippen LogP contribution in [0.4, 0.5) is 5.69 Å². The first-order valence-electron chi connectivity index (χ1n) is 11.2. The zero-order chi connectivity index (χ0) is 22.6. The van der Waals surface area contributed by atoms with Crippen molar-refractivity contribution in [2.24, 2.45) is 4.99 Å². The lowest BCUT2D eigenvalue weighted by molar-refractivity contribution is -0.122. The van der Waals surface area contributed by atoms with Crippen LogP contribution < -0.4 is 0 Å². The van der Waals surface area contributed by atoms with Gasteiger partial charge in [-0.1, -0.05) is 73.7 Å². The van der Waals surface area contributed by atoms with Crippen LogP contribution in [0, 0.1) is 0 Å². The highest BCUT2D eigenvalue weighted by Crippen LogP contribution is 2.35. The van der Waals surface area contributed by atoms with Crippen LogP contribution in [0.25, 0.3) is 17.0 Å². The van der Waals surface area contributed by atoms with Gasteiger partial charge in [0, 0.05) is 35.8 Å². The summed E-state index contributed by atoms with van der Waals surface area (Å²) in [5.41, 5.74) is 4.31. The average molecular weight is 452 g/mol. The molecular weight excluding hydrogens is 426 g/mol. The molecule has 0 radical (unpaired) electrons. The SMILES string of the molecule is CCCN1C(=O)/C(=C\c2cn(Cc3ccccc3)c3ccccc23)SC1=Nc1ccccc1. The average Bonchev–Trinajstić information content (AvgIpc) is 3.33. The molecule has 1 aromatic heterocycles. The predicted molar refractivity (Wildman–Crippen MR) is 139 cm³/mol. The molecule has 5 rings (SSSR count). The van der Waals surface area contributed by atoms with E-state index in [4.69, 9.17) is 4.99 Å². The lowest BCUT2D eigenvalue weighted by Gasteiger charge is -2.13. The first kappa shape index (κ1) is 21.3. The third-order valence-electron chi connectivity index (χ3n) is 5.62. The molecule has 0 unspecified atom stereocenters. The van der Waals surface area contributed by atoms with E-state index in [0.29, 0.717) is 11.4 Å². The number of carbonyl (C=O) groups excluding carboxylic acids is 1. The quantitative estimate of drug-likeness (QED) is 0.306. The normalized spacial score (nSPS) is 16.4. The van der Waals surface area contributed by atoms with Gasteiger partial charge in [-0.05, 0) is 48.0 Å².